The summed E-state index contributed by atoms with van der Waals surface area (Å²) >= 11 is 6.87. The molecule has 0 aliphatic heterocycles. The highest BCUT2D eigenvalue weighted by atomic mass is 35.5. The van der Waals surface area contributed by atoms with Crippen LogP contribution in [0.25, 0.3) is 16.2 Å². The number of imidazole rings is 1. The van der Waals surface area contributed by atoms with Crippen LogP contribution in [0, 0.1) is 0 Å². The smallest absolute Gasteiger partial charge is 0.356 e. The Labute approximate surface area is 147 Å². The summed E-state index contributed by atoms with van der Waals surface area (Å²) < 4.78 is 6.75. The van der Waals surface area contributed by atoms with E-state index in [4.69, 9.17) is 16.3 Å². The molecule has 2 aromatic heterocycles. The highest BCUT2D eigenvalue weighted by Crippen LogP contribution is 2.26. The van der Waals surface area contributed by atoms with Crippen LogP contribution in [0.4, 0.5) is 5.69 Å². The second-order valence-corrected chi connectivity index (χ2v) is 5.99. The van der Waals surface area contributed by atoms with Gasteiger partial charge in [0.05, 0.1) is 12.3 Å². The maximum Gasteiger partial charge on any atom is 0.356 e. The number of fused-ring (bicyclic) bond motifs is 1. The van der Waals surface area contributed by atoms with Gasteiger partial charge in [0.2, 0.25) is 5.91 Å². The van der Waals surface area contributed by atoms with Gasteiger partial charge in [-0.15, -0.1) is 22.9 Å². The molecule has 0 unspecified atom stereocenters. The number of nitrogens with zero attached hydrogens (tertiary/aromatic N) is 2. The number of anilines is 1. The first-order valence-corrected chi connectivity index (χ1v) is 8.63. The molecule has 1 amide bonds. The minimum atomic E-state index is -0.379. The Balaban J connectivity index is 1.94. The fourth-order valence-electron chi connectivity index (χ4n) is 2.23. The summed E-state index contributed by atoms with van der Waals surface area (Å²) in [5.41, 5.74) is 2.62. The quantitative estimate of drug-likeness (QED) is 0.557. The normalized spacial score (nSPS) is 10.8. The number of hydrogen-bond acceptors (Lipinski definition) is 5. The van der Waals surface area contributed by atoms with Crippen molar-refractivity contribution in [1.29, 1.82) is 0 Å². The Morgan fingerprint density at radius 3 is 3.00 bits per heavy atom. The number of carbonyl (C=O) groups excluding carboxylic acids is 2. The molecule has 124 valence electrons. The van der Waals surface area contributed by atoms with Gasteiger partial charge in [-0.3, -0.25) is 9.20 Å². The van der Waals surface area contributed by atoms with Crippen LogP contribution in [0.5, 0.6) is 0 Å². The average Bonchev–Trinajstić information content (AvgIpc) is 3.15. The Morgan fingerprint density at radius 1 is 1.42 bits per heavy atom. The van der Waals surface area contributed by atoms with E-state index >= 15 is 0 Å². The Morgan fingerprint density at radius 2 is 2.25 bits per heavy atom. The van der Waals surface area contributed by atoms with Gasteiger partial charge in [0.15, 0.2) is 4.96 Å². The van der Waals surface area contributed by atoms with E-state index in [9.17, 15) is 9.59 Å². The van der Waals surface area contributed by atoms with E-state index in [-0.39, 0.29) is 17.8 Å². The Hall–Kier alpha value is -2.38. The SMILES string of the molecule is CCOC(=O)c1csc2nc(-c3cccc(NC(=O)CCl)c3)cn12. The largest absolute Gasteiger partial charge is 0.461 e. The van der Waals surface area contributed by atoms with Crippen molar-refractivity contribution in [3.8, 4) is 11.3 Å². The molecule has 0 fully saturated rings. The van der Waals surface area contributed by atoms with E-state index in [0.717, 1.165) is 5.56 Å². The summed E-state index contributed by atoms with van der Waals surface area (Å²) in [6.45, 7) is 2.08. The standard InChI is InChI=1S/C16H14ClN3O3S/c1-2-23-15(22)13-9-24-16-19-12(8-20(13)16)10-4-3-5-11(6-10)18-14(21)7-17/h3-6,8-9H,2,7H2,1H3,(H,18,21). The van der Waals surface area contributed by atoms with Crippen molar-refractivity contribution in [2.45, 2.75) is 6.92 Å². The number of nitrogens with one attached hydrogen (secondary N) is 1. The number of rotatable bonds is 5. The van der Waals surface area contributed by atoms with Gasteiger partial charge in [-0.2, -0.15) is 0 Å². The molecule has 0 atom stereocenters. The highest BCUT2D eigenvalue weighted by molar-refractivity contribution is 7.15. The lowest BCUT2D eigenvalue weighted by Gasteiger charge is -2.04. The molecule has 24 heavy (non-hydrogen) atoms. The van der Waals surface area contributed by atoms with Gasteiger partial charge in [-0.05, 0) is 19.1 Å². The number of amides is 1. The number of hydrogen-bond donors (Lipinski definition) is 1. The van der Waals surface area contributed by atoms with Crippen LogP contribution in [0.15, 0.2) is 35.8 Å². The van der Waals surface area contributed by atoms with E-state index < -0.39 is 0 Å². The van der Waals surface area contributed by atoms with E-state index in [1.54, 1.807) is 35.0 Å². The molecule has 0 saturated heterocycles. The number of ether oxygens (including phenoxy) is 1. The lowest BCUT2D eigenvalue weighted by molar-refractivity contribution is -0.113. The number of carbonyl (C=O) groups is 2. The maximum atomic E-state index is 11.9. The molecule has 3 aromatic rings. The van der Waals surface area contributed by atoms with E-state index in [1.807, 2.05) is 12.1 Å². The Kier molecular flexibility index (Phi) is 4.82. The van der Waals surface area contributed by atoms with Crippen molar-refractivity contribution < 1.29 is 14.3 Å². The number of alkyl halides is 1. The average molecular weight is 364 g/mol. The van der Waals surface area contributed by atoms with Gasteiger partial charge in [-0.1, -0.05) is 12.1 Å². The van der Waals surface area contributed by atoms with E-state index in [1.165, 1.54) is 11.3 Å². The van der Waals surface area contributed by atoms with Crippen LogP contribution < -0.4 is 5.32 Å². The first kappa shape index (κ1) is 16.5. The zero-order chi connectivity index (χ0) is 17.1. The van der Waals surface area contributed by atoms with Gasteiger partial charge in [0.25, 0.3) is 0 Å². The lowest BCUT2D eigenvalue weighted by atomic mass is 10.1. The molecule has 6 nitrogen and oxygen atoms in total. The maximum absolute atomic E-state index is 11.9. The molecule has 2 heterocycles. The summed E-state index contributed by atoms with van der Waals surface area (Å²) in [6.07, 6.45) is 1.78. The molecular weight excluding hydrogens is 350 g/mol. The molecule has 0 aliphatic carbocycles. The third-order valence-electron chi connectivity index (χ3n) is 3.26. The van der Waals surface area contributed by atoms with Crippen LogP contribution in [-0.4, -0.2) is 33.7 Å². The lowest BCUT2D eigenvalue weighted by Crippen LogP contribution is -2.12. The van der Waals surface area contributed by atoms with Crippen molar-refractivity contribution >= 4 is 45.5 Å². The molecule has 3 rings (SSSR count). The van der Waals surface area contributed by atoms with Crippen LogP contribution in [0.2, 0.25) is 0 Å². The molecule has 0 saturated carbocycles. The summed E-state index contributed by atoms with van der Waals surface area (Å²) in [5.74, 6) is -0.757. The molecule has 0 radical (unpaired) electrons. The predicted octanol–water partition coefficient (Wildman–Crippen LogP) is 3.42. The fourth-order valence-corrected chi connectivity index (χ4v) is 3.13. The van der Waals surface area contributed by atoms with Crippen molar-refractivity contribution in [2.24, 2.45) is 0 Å². The summed E-state index contributed by atoms with van der Waals surface area (Å²) in [4.78, 5) is 28.6. The van der Waals surface area contributed by atoms with Crippen molar-refractivity contribution in [2.75, 3.05) is 17.8 Å². The summed E-state index contributed by atoms with van der Waals surface area (Å²) in [7, 11) is 0. The third kappa shape index (κ3) is 3.27. The van der Waals surface area contributed by atoms with Gasteiger partial charge in [-0.25, -0.2) is 9.78 Å². The molecule has 0 spiro atoms. The number of thiazole rings is 1. The first-order chi connectivity index (χ1) is 11.6. The molecule has 0 bridgehead atoms. The van der Waals surface area contributed by atoms with Gasteiger partial charge in [0.1, 0.15) is 11.6 Å². The fraction of sp³-hybridized carbons (Fsp3) is 0.188. The topological polar surface area (TPSA) is 72.7 Å². The van der Waals surface area contributed by atoms with Crippen molar-refractivity contribution in [3.63, 3.8) is 0 Å². The van der Waals surface area contributed by atoms with E-state index in [0.29, 0.717) is 28.6 Å². The van der Waals surface area contributed by atoms with Gasteiger partial charge < -0.3 is 10.1 Å². The third-order valence-corrected chi connectivity index (χ3v) is 4.34. The number of esters is 1. The van der Waals surface area contributed by atoms with Gasteiger partial charge >= 0.3 is 5.97 Å². The zero-order valence-corrected chi connectivity index (χ0v) is 14.4. The summed E-state index contributed by atoms with van der Waals surface area (Å²) in [6, 6.07) is 7.28. The van der Waals surface area contributed by atoms with Crippen molar-refractivity contribution in [1.82, 2.24) is 9.38 Å². The number of aromatic nitrogens is 2. The number of halogens is 1. The monoisotopic (exact) mass is 363 g/mol. The van der Waals surface area contributed by atoms with Crippen LogP contribution >= 0.6 is 22.9 Å². The predicted molar refractivity (Wildman–Crippen MR) is 93.8 cm³/mol. The second-order valence-electron chi connectivity index (χ2n) is 4.88. The van der Waals surface area contributed by atoms with Crippen LogP contribution in [0.3, 0.4) is 0 Å². The minimum absolute atomic E-state index is 0.104. The zero-order valence-electron chi connectivity index (χ0n) is 12.8. The van der Waals surface area contributed by atoms with E-state index in [2.05, 4.69) is 10.3 Å². The minimum Gasteiger partial charge on any atom is -0.461 e. The molecule has 0 aliphatic rings. The molecule has 1 aromatic carbocycles. The van der Waals surface area contributed by atoms with Crippen molar-refractivity contribution in [3.05, 3.63) is 41.5 Å². The number of benzene rings is 1. The highest BCUT2D eigenvalue weighted by Gasteiger charge is 2.16. The van der Waals surface area contributed by atoms with Crippen LogP contribution in [0.1, 0.15) is 17.4 Å². The van der Waals surface area contributed by atoms with Crippen LogP contribution in [-0.2, 0) is 9.53 Å². The molecule has 8 heteroatoms. The first-order valence-electron chi connectivity index (χ1n) is 7.22. The van der Waals surface area contributed by atoms with Gasteiger partial charge in [0, 0.05) is 22.8 Å². The molecule has 1 N–H and O–H groups in total. The Bertz CT molecular complexity index is 903. The molecular formula is C16H14ClN3O3S. The summed E-state index contributed by atoms with van der Waals surface area (Å²) in [5, 5.41) is 4.42. The second kappa shape index (κ2) is 7.02.